The number of ether oxygens (including phenoxy) is 1. The number of thioether (sulfide) groups is 1. The Bertz CT molecular complexity index is 1010. The second kappa shape index (κ2) is 9.56. The van der Waals surface area contributed by atoms with Gasteiger partial charge in [0.1, 0.15) is 18.2 Å². The zero-order valence-electron chi connectivity index (χ0n) is 16.6. The van der Waals surface area contributed by atoms with Gasteiger partial charge in [-0.2, -0.15) is 0 Å². The maximum Gasteiger partial charge on any atom is 0.234 e. The van der Waals surface area contributed by atoms with E-state index in [1.165, 1.54) is 23.9 Å². The van der Waals surface area contributed by atoms with E-state index in [2.05, 4.69) is 15.5 Å². The van der Waals surface area contributed by atoms with Crippen molar-refractivity contribution in [2.75, 3.05) is 11.1 Å². The Morgan fingerprint density at radius 1 is 1.17 bits per heavy atom. The van der Waals surface area contributed by atoms with E-state index >= 15 is 0 Å². The number of carbonyl (C=O) groups excluding carboxylic acids is 1. The van der Waals surface area contributed by atoms with Crippen molar-refractivity contribution in [1.82, 2.24) is 14.8 Å². The van der Waals surface area contributed by atoms with E-state index in [-0.39, 0.29) is 17.5 Å². The normalized spacial score (nSPS) is 10.8. The van der Waals surface area contributed by atoms with Crippen molar-refractivity contribution in [2.45, 2.75) is 39.1 Å². The number of halogens is 1. The van der Waals surface area contributed by atoms with Gasteiger partial charge in [-0.15, -0.1) is 10.2 Å². The molecule has 1 amide bonds. The molecule has 0 atom stereocenters. The predicted octanol–water partition coefficient (Wildman–Crippen LogP) is 4.36. The van der Waals surface area contributed by atoms with Gasteiger partial charge in [-0.25, -0.2) is 4.39 Å². The van der Waals surface area contributed by atoms with Crippen molar-refractivity contribution >= 4 is 23.4 Å². The van der Waals surface area contributed by atoms with Crippen molar-refractivity contribution in [1.29, 1.82) is 0 Å². The number of hydrogen-bond donors (Lipinski definition) is 1. The summed E-state index contributed by atoms with van der Waals surface area (Å²) in [6.45, 7) is 6.74. The Balaban J connectivity index is 1.60. The van der Waals surface area contributed by atoms with E-state index in [0.29, 0.717) is 29.8 Å². The van der Waals surface area contributed by atoms with Crippen LogP contribution in [0.15, 0.2) is 47.6 Å². The first kappa shape index (κ1) is 20.9. The summed E-state index contributed by atoms with van der Waals surface area (Å²) in [5, 5.41) is 11.8. The molecular weight excluding hydrogens is 391 g/mol. The molecule has 0 unspecified atom stereocenters. The fourth-order valence-corrected chi connectivity index (χ4v) is 3.58. The molecule has 1 N–H and O–H groups in total. The van der Waals surface area contributed by atoms with E-state index in [4.69, 9.17) is 4.74 Å². The molecule has 8 heteroatoms. The molecule has 0 bridgehead atoms. The lowest BCUT2D eigenvalue weighted by atomic mass is 10.2. The molecule has 3 aromatic rings. The van der Waals surface area contributed by atoms with E-state index in [1.807, 2.05) is 49.6 Å². The van der Waals surface area contributed by atoms with Crippen LogP contribution >= 0.6 is 11.8 Å². The molecule has 0 radical (unpaired) electrons. The SMILES string of the molecule is CCn1c(COc2ccccc2C)nnc1SCC(=O)Nc1cc(F)ccc1C. The second-order valence-corrected chi connectivity index (χ2v) is 7.44. The number of rotatable bonds is 8. The number of benzene rings is 2. The largest absolute Gasteiger partial charge is 0.485 e. The maximum atomic E-state index is 13.4. The van der Waals surface area contributed by atoms with Crippen molar-refractivity contribution < 1.29 is 13.9 Å². The van der Waals surface area contributed by atoms with E-state index in [0.717, 1.165) is 16.9 Å². The number of para-hydroxylation sites is 1. The van der Waals surface area contributed by atoms with Gasteiger partial charge in [-0.1, -0.05) is 36.0 Å². The van der Waals surface area contributed by atoms with Gasteiger partial charge in [0.05, 0.1) is 5.75 Å². The molecule has 0 aliphatic carbocycles. The Morgan fingerprint density at radius 3 is 2.72 bits per heavy atom. The van der Waals surface area contributed by atoms with Crippen LogP contribution in [0, 0.1) is 19.7 Å². The highest BCUT2D eigenvalue weighted by Gasteiger charge is 2.14. The van der Waals surface area contributed by atoms with Gasteiger partial charge >= 0.3 is 0 Å². The topological polar surface area (TPSA) is 69.0 Å². The minimum Gasteiger partial charge on any atom is -0.485 e. The Hall–Kier alpha value is -2.87. The summed E-state index contributed by atoms with van der Waals surface area (Å²) in [4.78, 5) is 12.3. The first-order chi connectivity index (χ1) is 14.0. The second-order valence-electron chi connectivity index (χ2n) is 6.49. The molecule has 0 aliphatic rings. The van der Waals surface area contributed by atoms with Crippen molar-refractivity contribution in [3.05, 3.63) is 65.2 Å². The van der Waals surface area contributed by atoms with Crippen LogP contribution in [0.2, 0.25) is 0 Å². The smallest absolute Gasteiger partial charge is 0.234 e. The van der Waals surface area contributed by atoms with Gasteiger partial charge < -0.3 is 14.6 Å². The molecule has 0 aliphatic heterocycles. The predicted molar refractivity (Wildman–Crippen MR) is 112 cm³/mol. The highest BCUT2D eigenvalue weighted by atomic mass is 32.2. The van der Waals surface area contributed by atoms with E-state index < -0.39 is 0 Å². The summed E-state index contributed by atoms with van der Waals surface area (Å²) < 4.78 is 21.2. The number of anilines is 1. The summed E-state index contributed by atoms with van der Waals surface area (Å²) in [6, 6.07) is 12.1. The summed E-state index contributed by atoms with van der Waals surface area (Å²) in [5.74, 6) is 1.03. The third-order valence-corrected chi connectivity index (χ3v) is 5.33. The number of carbonyl (C=O) groups is 1. The highest BCUT2D eigenvalue weighted by molar-refractivity contribution is 7.99. The molecule has 2 aromatic carbocycles. The molecule has 1 aromatic heterocycles. The van der Waals surface area contributed by atoms with Crippen molar-refractivity contribution in [2.24, 2.45) is 0 Å². The zero-order valence-corrected chi connectivity index (χ0v) is 17.4. The summed E-state index contributed by atoms with van der Waals surface area (Å²) in [5.41, 5.74) is 2.32. The number of aryl methyl sites for hydroxylation is 2. The molecule has 152 valence electrons. The van der Waals surface area contributed by atoms with Crippen LogP contribution in [0.3, 0.4) is 0 Å². The Labute approximate surface area is 173 Å². The summed E-state index contributed by atoms with van der Waals surface area (Å²) in [7, 11) is 0. The number of nitrogens with one attached hydrogen (secondary N) is 1. The molecule has 0 saturated carbocycles. The van der Waals surface area contributed by atoms with Gasteiger partial charge in [0.25, 0.3) is 0 Å². The van der Waals surface area contributed by atoms with Gasteiger partial charge in [0.15, 0.2) is 11.0 Å². The van der Waals surface area contributed by atoms with Crippen LogP contribution in [0.4, 0.5) is 10.1 Å². The van der Waals surface area contributed by atoms with Crippen LogP contribution in [-0.4, -0.2) is 26.4 Å². The van der Waals surface area contributed by atoms with Crippen LogP contribution in [-0.2, 0) is 17.9 Å². The fourth-order valence-electron chi connectivity index (χ4n) is 2.76. The van der Waals surface area contributed by atoms with Crippen LogP contribution < -0.4 is 10.1 Å². The molecule has 0 spiro atoms. The third-order valence-electron chi connectivity index (χ3n) is 4.37. The van der Waals surface area contributed by atoms with Gasteiger partial charge in [0.2, 0.25) is 5.91 Å². The van der Waals surface area contributed by atoms with Gasteiger partial charge in [-0.3, -0.25) is 4.79 Å². The summed E-state index contributed by atoms with van der Waals surface area (Å²) >= 11 is 1.28. The first-order valence-electron chi connectivity index (χ1n) is 9.27. The standard InChI is InChI=1S/C21H23FN4O2S/c1-4-26-19(12-28-18-8-6-5-7-15(18)3)24-25-21(26)29-13-20(27)23-17-11-16(22)10-9-14(17)2/h5-11H,4,12-13H2,1-3H3,(H,23,27). The van der Waals surface area contributed by atoms with Crippen LogP contribution in [0.25, 0.3) is 0 Å². The number of amides is 1. The molecular formula is C21H23FN4O2S. The Morgan fingerprint density at radius 2 is 1.97 bits per heavy atom. The van der Waals surface area contributed by atoms with Crippen molar-refractivity contribution in [3.63, 3.8) is 0 Å². The fraction of sp³-hybridized carbons (Fsp3) is 0.286. The minimum atomic E-state index is -0.387. The minimum absolute atomic E-state index is 0.146. The van der Waals surface area contributed by atoms with Gasteiger partial charge in [-0.05, 0) is 50.1 Å². The average molecular weight is 415 g/mol. The third kappa shape index (κ3) is 5.35. The van der Waals surface area contributed by atoms with Gasteiger partial charge in [0, 0.05) is 12.2 Å². The molecule has 1 heterocycles. The summed E-state index contributed by atoms with van der Waals surface area (Å²) in [6.07, 6.45) is 0. The molecule has 29 heavy (non-hydrogen) atoms. The highest BCUT2D eigenvalue weighted by Crippen LogP contribution is 2.21. The van der Waals surface area contributed by atoms with Crippen LogP contribution in [0.1, 0.15) is 23.9 Å². The molecule has 6 nitrogen and oxygen atoms in total. The molecule has 3 rings (SSSR count). The van der Waals surface area contributed by atoms with Crippen molar-refractivity contribution in [3.8, 4) is 5.75 Å². The number of nitrogens with zero attached hydrogens (tertiary/aromatic N) is 3. The maximum absolute atomic E-state index is 13.4. The lowest BCUT2D eigenvalue weighted by molar-refractivity contribution is -0.113. The number of aromatic nitrogens is 3. The lowest BCUT2D eigenvalue weighted by Crippen LogP contribution is -2.15. The lowest BCUT2D eigenvalue weighted by Gasteiger charge is -2.11. The van der Waals surface area contributed by atoms with E-state index in [9.17, 15) is 9.18 Å². The molecule has 0 saturated heterocycles. The molecule has 0 fully saturated rings. The Kier molecular flexibility index (Phi) is 6.87. The van der Waals surface area contributed by atoms with E-state index in [1.54, 1.807) is 6.07 Å². The first-order valence-corrected chi connectivity index (χ1v) is 10.3. The zero-order chi connectivity index (χ0) is 20.8. The average Bonchev–Trinajstić information content (AvgIpc) is 3.10. The van der Waals surface area contributed by atoms with Crippen LogP contribution in [0.5, 0.6) is 5.75 Å². The number of hydrogen-bond acceptors (Lipinski definition) is 5. The quantitative estimate of drug-likeness (QED) is 0.555. The monoisotopic (exact) mass is 414 g/mol.